The average molecular weight is 210 g/mol. The second-order valence-corrected chi connectivity index (χ2v) is 4.24. The van der Waals surface area contributed by atoms with Crippen LogP contribution in [0.4, 0.5) is 4.39 Å². The molecule has 15 heavy (non-hydrogen) atoms. The normalized spacial score (nSPS) is 14.9. The molecule has 0 aromatic heterocycles. The summed E-state index contributed by atoms with van der Waals surface area (Å²) >= 11 is 0. The molecule has 0 spiro atoms. The average Bonchev–Trinajstić information content (AvgIpc) is 2.18. The van der Waals surface area contributed by atoms with Crippen LogP contribution in [-0.4, -0.2) is 5.11 Å². The first kappa shape index (κ1) is 12.2. The Kier molecular flexibility index (Phi) is 4.28. The molecule has 0 aliphatic carbocycles. The van der Waals surface area contributed by atoms with Gasteiger partial charge in [-0.2, -0.15) is 0 Å². The van der Waals surface area contributed by atoms with Gasteiger partial charge < -0.3 is 5.11 Å². The summed E-state index contributed by atoms with van der Waals surface area (Å²) in [6.45, 7) is 3.87. The number of hydrogen-bond donors (Lipinski definition) is 1. The zero-order valence-electron chi connectivity index (χ0n) is 9.46. The molecular weight excluding hydrogens is 191 g/mol. The summed E-state index contributed by atoms with van der Waals surface area (Å²) < 4.78 is 13.0. The van der Waals surface area contributed by atoms with Gasteiger partial charge in [0.25, 0.3) is 0 Å². The van der Waals surface area contributed by atoms with Gasteiger partial charge in [0.15, 0.2) is 0 Å². The van der Waals surface area contributed by atoms with Gasteiger partial charge in [0.2, 0.25) is 0 Å². The van der Waals surface area contributed by atoms with Crippen molar-refractivity contribution in [1.82, 2.24) is 0 Å². The Labute approximate surface area is 90.9 Å². The molecule has 0 amide bonds. The fourth-order valence-corrected chi connectivity index (χ4v) is 1.69. The number of halogens is 1. The fourth-order valence-electron chi connectivity index (χ4n) is 1.69. The minimum Gasteiger partial charge on any atom is -0.385 e. The van der Waals surface area contributed by atoms with E-state index >= 15 is 0 Å². The molecule has 1 N–H and O–H groups in total. The van der Waals surface area contributed by atoms with E-state index in [9.17, 15) is 9.50 Å². The second kappa shape index (κ2) is 5.26. The molecule has 1 aromatic rings. The van der Waals surface area contributed by atoms with E-state index in [1.165, 1.54) is 12.1 Å². The standard InChI is InChI=1S/C13H19FO/c1-3-4-5-9-13(2,15)11-7-6-8-12(14)10-11/h6-8,10,15H,3-5,9H2,1-2H3. The maximum atomic E-state index is 13.0. The monoisotopic (exact) mass is 210 g/mol. The lowest BCUT2D eigenvalue weighted by Crippen LogP contribution is -2.21. The highest BCUT2D eigenvalue weighted by Crippen LogP contribution is 2.27. The minimum absolute atomic E-state index is 0.289. The number of unbranched alkanes of at least 4 members (excludes halogenated alkanes) is 2. The minimum atomic E-state index is -0.905. The van der Waals surface area contributed by atoms with Crippen molar-refractivity contribution in [2.45, 2.75) is 45.1 Å². The summed E-state index contributed by atoms with van der Waals surface area (Å²) in [6.07, 6.45) is 3.88. The van der Waals surface area contributed by atoms with Gasteiger partial charge in [-0.15, -0.1) is 0 Å². The smallest absolute Gasteiger partial charge is 0.123 e. The molecule has 0 bridgehead atoms. The summed E-state index contributed by atoms with van der Waals surface area (Å²) in [7, 11) is 0. The number of benzene rings is 1. The predicted octanol–water partition coefficient (Wildman–Crippen LogP) is 3.61. The largest absolute Gasteiger partial charge is 0.385 e. The molecule has 84 valence electrons. The first-order valence-corrected chi connectivity index (χ1v) is 5.54. The van der Waals surface area contributed by atoms with Gasteiger partial charge in [0, 0.05) is 0 Å². The van der Waals surface area contributed by atoms with E-state index in [4.69, 9.17) is 0 Å². The van der Waals surface area contributed by atoms with Crippen LogP contribution >= 0.6 is 0 Å². The maximum absolute atomic E-state index is 13.0. The Morgan fingerprint density at radius 3 is 2.67 bits per heavy atom. The van der Waals surface area contributed by atoms with Crippen LogP contribution in [-0.2, 0) is 5.60 Å². The Morgan fingerprint density at radius 2 is 2.07 bits per heavy atom. The quantitative estimate of drug-likeness (QED) is 0.736. The zero-order chi connectivity index (χ0) is 11.3. The molecule has 0 fully saturated rings. The lowest BCUT2D eigenvalue weighted by Gasteiger charge is -2.23. The van der Waals surface area contributed by atoms with E-state index < -0.39 is 5.60 Å². The lowest BCUT2D eigenvalue weighted by atomic mass is 9.90. The van der Waals surface area contributed by atoms with Crippen LogP contribution in [0.1, 0.15) is 45.1 Å². The summed E-state index contributed by atoms with van der Waals surface area (Å²) in [4.78, 5) is 0. The van der Waals surface area contributed by atoms with E-state index in [2.05, 4.69) is 6.92 Å². The highest BCUT2D eigenvalue weighted by atomic mass is 19.1. The molecular formula is C13H19FO. The van der Waals surface area contributed by atoms with Gasteiger partial charge in [-0.3, -0.25) is 0 Å². The Hall–Kier alpha value is -0.890. The van der Waals surface area contributed by atoms with Crippen molar-refractivity contribution in [3.63, 3.8) is 0 Å². The molecule has 0 radical (unpaired) electrons. The third-order valence-corrected chi connectivity index (χ3v) is 2.71. The van der Waals surface area contributed by atoms with Crippen LogP contribution in [0.15, 0.2) is 24.3 Å². The number of hydrogen-bond acceptors (Lipinski definition) is 1. The molecule has 0 saturated heterocycles. The van der Waals surface area contributed by atoms with Gasteiger partial charge in [0.05, 0.1) is 5.60 Å². The van der Waals surface area contributed by atoms with Crippen LogP contribution in [0.5, 0.6) is 0 Å². The lowest BCUT2D eigenvalue weighted by molar-refractivity contribution is 0.0446. The predicted molar refractivity (Wildman–Crippen MR) is 60.1 cm³/mol. The van der Waals surface area contributed by atoms with Crippen molar-refractivity contribution in [3.05, 3.63) is 35.6 Å². The second-order valence-electron chi connectivity index (χ2n) is 4.24. The van der Waals surface area contributed by atoms with E-state index in [0.717, 1.165) is 19.3 Å². The topological polar surface area (TPSA) is 20.2 Å². The molecule has 1 unspecified atom stereocenters. The van der Waals surface area contributed by atoms with Gasteiger partial charge in [-0.1, -0.05) is 38.3 Å². The highest BCUT2D eigenvalue weighted by molar-refractivity contribution is 5.22. The SMILES string of the molecule is CCCCCC(C)(O)c1cccc(F)c1. The maximum Gasteiger partial charge on any atom is 0.123 e. The fraction of sp³-hybridized carbons (Fsp3) is 0.538. The van der Waals surface area contributed by atoms with Crippen molar-refractivity contribution in [3.8, 4) is 0 Å². The molecule has 1 nitrogen and oxygen atoms in total. The van der Waals surface area contributed by atoms with Crippen molar-refractivity contribution >= 4 is 0 Å². The van der Waals surface area contributed by atoms with E-state index in [1.54, 1.807) is 19.1 Å². The van der Waals surface area contributed by atoms with Crippen LogP contribution in [0, 0.1) is 5.82 Å². The number of aliphatic hydroxyl groups is 1. The molecule has 1 aromatic carbocycles. The summed E-state index contributed by atoms with van der Waals surface area (Å²) in [5.74, 6) is -0.289. The van der Waals surface area contributed by atoms with Crippen LogP contribution in [0.25, 0.3) is 0 Å². The Morgan fingerprint density at radius 1 is 1.33 bits per heavy atom. The van der Waals surface area contributed by atoms with Gasteiger partial charge in [-0.05, 0) is 31.0 Å². The zero-order valence-corrected chi connectivity index (χ0v) is 9.46. The van der Waals surface area contributed by atoms with Crippen molar-refractivity contribution < 1.29 is 9.50 Å². The molecule has 0 aliphatic rings. The highest BCUT2D eigenvalue weighted by Gasteiger charge is 2.22. The van der Waals surface area contributed by atoms with Crippen LogP contribution < -0.4 is 0 Å². The molecule has 0 saturated carbocycles. The van der Waals surface area contributed by atoms with E-state index in [1.807, 2.05) is 0 Å². The first-order chi connectivity index (χ1) is 7.06. The van der Waals surface area contributed by atoms with Crippen LogP contribution in [0.2, 0.25) is 0 Å². The molecule has 0 heterocycles. The number of rotatable bonds is 5. The first-order valence-electron chi connectivity index (χ1n) is 5.54. The third kappa shape index (κ3) is 3.63. The van der Waals surface area contributed by atoms with E-state index in [-0.39, 0.29) is 5.82 Å². The van der Waals surface area contributed by atoms with Crippen molar-refractivity contribution in [1.29, 1.82) is 0 Å². The van der Waals surface area contributed by atoms with Crippen molar-refractivity contribution in [2.24, 2.45) is 0 Å². The van der Waals surface area contributed by atoms with Gasteiger partial charge in [0.1, 0.15) is 5.82 Å². The van der Waals surface area contributed by atoms with Gasteiger partial charge in [-0.25, -0.2) is 4.39 Å². The van der Waals surface area contributed by atoms with Crippen molar-refractivity contribution in [2.75, 3.05) is 0 Å². The van der Waals surface area contributed by atoms with Gasteiger partial charge >= 0.3 is 0 Å². The third-order valence-electron chi connectivity index (χ3n) is 2.71. The van der Waals surface area contributed by atoms with Crippen LogP contribution in [0.3, 0.4) is 0 Å². The molecule has 1 rings (SSSR count). The molecule has 0 aliphatic heterocycles. The Balaban J connectivity index is 2.67. The molecule has 1 atom stereocenters. The summed E-state index contributed by atoms with van der Waals surface area (Å²) in [6, 6.07) is 6.21. The summed E-state index contributed by atoms with van der Waals surface area (Å²) in [5, 5.41) is 10.2. The van der Waals surface area contributed by atoms with E-state index in [0.29, 0.717) is 12.0 Å². The summed E-state index contributed by atoms with van der Waals surface area (Å²) in [5.41, 5.74) is -0.240. The Bertz CT molecular complexity index is 307. The molecule has 2 heteroatoms.